The SMILES string of the molecule is CCC(C)(C)C(CC)(c1ccccc1)c1ccccc1. The van der Waals surface area contributed by atoms with Crippen LogP contribution in [0.25, 0.3) is 0 Å². The third kappa shape index (κ3) is 2.28. The van der Waals surface area contributed by atoms with Crippen molar-refractivity contribution in [2.24, 2.45) is 5.41 Å². The smallest absolute Gasteiger partial charge is 0.0251 e. The van der Waals surface area contributed by atoms with Gasteiger partial charge in [-0.3, -0.25) is 0 Å². The van der Waals surface area contributed by atoms with Gasteiger partial charge in [-0.05, 0) is 29.4 Å². The molecule has 2 rings (SSSR count). The maximum absolute atomic E-state index is 2.40. The number of hydrogen-bond donors (Lipinski definition) is 0. The lowest BCUT2D eigenvalue weighted by Gasteiger charge is -2.47. The summed E-state index contributed by atoms with van der Waals surface area (Å²) in [5.41, 5.74) is 3.15. The first-order chi connectivity index (χ1) is 9.58. The summed E-state index contributed by atoms with van der Waals surface area (Å²) in [5, 5.41) is 0. The molecule has 0 spiro atoms. The molecule has 0 unspecified atom stereocenters. The van der Waals surface area contributed by atoms with Gasteiger partial charge in [-0.25, -0.2) is 0 Å². The maximum Gasteiger partial charge on any atom is 0.0251 e. The van der Waals surface area contributed by atoms with Gasteiger partial charge in [0.05, 0.1) is 0 Å². The largest absolute Gasteiger partial charge is 0.0648 e. The van der Waals surface area contributed by atoms with Gasteiger partial charge in [0.1, 0.15) is 0 Å². The van der Waals surface area contributed by atoms with Crippen molar-refractivity contribution in [3.05, 3.63) is 71.8 Å². The molecule has 0 atom stereocenters. The second-order valence-corrected chi connectivity index (χ2v) is 6.23. The molecule has 0 saturated heterocycles. The van der Waals surface area contributed by atoms with Gasteiger partial charge in [-0.1, -0.05) is 88.4 Å². The minimum Gasteiger partial charge on any atom is -0.0648 e. The Morgan fingerprint density at radius 2 is 1.05 bits per heavy atom. The van der Waals surface area contributed by atoms with Crippen LogP contribution in [0.3, 0.4) is 0 Å². The molecule has 0 amide bonds. The normalized spacial score (nSPS) is 12.4. The summed E-state index contributed by atoms with van der Waals surface area (Å²) in [6.45, 7) is 9.42. The average Bonchev–Trinajstić information content (AvgIpc) is 2.50. The number of rotatable bonds is 5. The fraction of sp³-hybridized carbons (Fsp3) is 0.400. The van der Waals surface area contributed by atoms with Crippen LogP contribution in [0.4, 0.5) is 0 Å². The summed E-state index contributed by atoms with van der Waals surface area (Å²) >= 11 is 0. The Kier molecular flexibility index (Phi) is 4.32. The third-order valence-electron chi connectivity index (χ3n) is 5.10. The van der Waals surface area contributed by atoms with Crippen molar-refractivity contribution in [1.29, 1.82) is 0 Å². The van der Waals surface area contributed by atoms with Crippen molar-refractivity contribution in [1.82, 2.24) is 0 Å². The molecule has 0 aromatic heterocycles. The van der Waals surface area contributed by atoms with Crippen LogP contribution in [0.2, 0.25) is 0 Å². The van der Waals surface area contributed by atoms with Crippen LogP contribution in [0.15, 0.2) is 60.7 Å². The standard InChI is InChI=1S/C20H26/c1-5-19(3,4)20(6-2,17-13-9-7-10-14-17)18-15-11-8-12-16-18/h7-16H,5-6H2,1-4H3. The van der Waals surface area contributed by atoms with Gasteiger partial charge in [-0.15, -0.1) is 0 Å². The zero-order valence-electron chi connectivity index (χ0n) is 13.2. The zero-order valence-corrected chi connectivity index (χ0v) is 13.2. The van der Waals surface area contributed by atoms with Gasteiger partial charge in [0.25, 0.3) is 0 Å². The monoisotopic (exact) mass is 266 g/mol. The lowest BCUT2D eigenvalue weighted by atomic mass is 9.56. The molecule has 0 fully saturated rings. The van der Waals surface area contributed by atoms with E-state index in [-0.39, 0.29) is 10.8 Å². The highest BCUT2D eigenvalue weighted by Crippen LogP contribution is 2.51. The van der Waals surface area contributed by atoms with E-state index in [0.29, 0.717) is 0 Å². The van der Waals surface area contributed by atoms with Gasteiger partial charge < -0.3 is 0 Å². The Morgan fingerprint density at radius 3 is 1.35 bits per heavy atom. The molecule has 106 valence electrons. The maximum atomic E-state index is 2.40. The van der Waals surface area contributed by atoms with Gasteiger partial charge in [0.15, 0.2) is 0 Å². The van der Waals surface area contributed by atoms with E-state index in [2.05, 4.69) is 88.4 Å². The molecule has 0 heterocycles. The zero-order chi connectivity index (χ0) is 14.6. The molecule has 0 heteroatoms. The number of benzene rings is 2. The minimum atomic E-state index is 0.0737. The van der Waals surface area contributed by atoms with Gasteiger partial charge in [0.2, 0.25) is 0 Å². The molecular weight excluding hydrogens is 240 g/mol. The predicted octanol–water partition coefficient (Wildman–Crippen LogP) is 5.82. The van der Waals surface area contributed by atoms with Crippen molar-refractivity contribution < 1.29 is 0 Å². The molecule has 0 saturated carbocycles. The van der Waals surface area contributed by atoms with Crippen LogP contribution in [-0.4, -0.2) is 0 Å². The Balaban J connectivity index is 2.72. The Labute approximate surface area is 123 Å². The summed E-state index contributed by atoms with van der Waals surface area (Å²) in [6, 6.07) is 22.0. The van der Waals surface area contributed by atoms with Crippen molar-refractivity contribution in [2.75, 3.05) is 0 Å². The molecule has 0 bridgehead atoms. The van der Waals surface area contributed by atoms with Crippen molar-refractivity contribution >= 4 is 0 Å². The summed E-state index contributed by atoms with van der Waals surface area (Å²) in [6.07, 6.45) is 2.27. The third-order valence-corrected chi connectivity index (χ3v) is 5.10. The van der Waals surface area contributed by atoms with E-state index in [9.17, 15) is 0 Å². The summed E-state index contributed by atoms with van der Waals surface area (Å²) in [4.78, 5) is 0. The minimum absolute atomic E-state index is 0.0737. The Bertz CT molecular complexity index is 483. The van der Waals surface area contributed by atoms with Crippen LogP contribution < -0.4 is 0 Å². The lowest BCUT2D eigenvalue weighted by molar-refractivity contribution is 0.185. The fourth-order valence-corrected chi connectivity index (χ4v) is 3.58. The molecule has 0 aliphatic heterocycles. The molecular formula is C20H26. The molecule has 20 heavy (non-hydrogen) atoms. The lowest BCUT2D eigenvalue weighted by Crippen LogP contribution is -2.42. The second-order valence-electron chi connectivity index (χ2n) is 6.23. The molecule has 2 aromatic carbocycles. The number of hydrogen-bond acceptors (Lipinski definition) is 0. The highest BCUT2D eigenvalue weighted by molar-refractivity contribution is 5.41. The van der Waals surface area contributed by atoms with Crippen LogP contribution in [0.1, 0.15) is 51.7 Å². The topological polar surface area (TPSA) is 0 Å². The van der Waals surface area contributed by atoms with Crippen LogP contribution in [0, 0.1) is 5.41 Å². The first-order valence-electron chi connectivity index (χ1n) is 7.69. The van der Waals surface area contributed by atoms with Crippen molar-refractivity contribution in [3.63, 3.8) is 0 Å². The summed E-state index contributed by atoms with van der Waals surface area (Å²) in [5.74, 6) is 0. The molecule has 0 nitrogen and oxygen atoms in total. The Hall–Kier alpha value is -1.56. The molecule has 0 radical (unpaired) electrons. The Morgan fingerprint density at radius 1 is 0.650 bits per heavy atom. The van der Waals surface area contributed by atoms with Crippen LogP contribution >= 0.6 is 0 Å². The van der Waals surface area contributed by atoms with Crippen molar-refractivity contribution in [3.8, 4) is 0 Å². The van der Waals surface area contributed by atoms with E-state index in [0.717, 1.165) is 12.8 Å². The van der Waals surface area contributed by atoms with Crippen molar-refractivity contribution in [2.45, 2.75) is 46.0 Å². The second kappa shape index (κ2) is 5.83. The highest BCUT2D eigenvalue weighted by atomic mass is 14.5. The van der Waals surface area contributed by atoms with E-state index in [1.165, 1.54) is 11.1 Å². The fourth-order valence-electron chi connectivity index (χ4n) is 3.58. The summed E-state index contributed by atoms with van der Waals surface area (Å²) < 4.78 is 0. The molecule has 0 aliphatic carbocycles. The van der Waals surface area contributed by atoms with E-state index < -0.39 is 0 Å². The first kappa shape index (κ1) is 14.8. The molecule has 0 N–H and O–H groups in total. The predicted molar refractivity (Wildman–Crippen MR) is 88.0 cm³/mol. The van der Waals surface area contributed by atoms with E-state index >= 15 is 0 Å². The summed E-state index contributed by atoms with van der Waals surface area (Å²) in [7, 11) is 0. The first-order valence-corrected chi connectivity index (χ1v) is 7.69. The van der Waals surface area contributed by atoms with Gasteiger partial charge in [-0.2, -0.15) is 0 Å². The van der Waals surface area contributed by atoms with E-state index in [1.807, 2.05) is 0 Å². The highest BCUT2D eigenvalue weighted by Gasteiger charge is 2.44. The van der Waals surface area contributed by atoms with E-state index in [1.54, 1.807) is 0 Å². The van der Waals surface area contributed by atoms with Crippen LogP contribution in [-0.2, 0) is 5.41 Å². The quantitative estimate of drug-likeness (QED) is 0.639. The molecule has 2 aromatic rings. The van der Waals surface area contributed by atoms with Gasteiger partial charge >= 0.3 is 0 Å². The van der Waals surface area contributed by atoms with Gasteiger partial charge in [0, 0.05) is 5.41 Å². The molecule has 0 aliphatic rings. The average molecular weight is 266 g/mol. The van der Waals surface area contributed by atoms with Crippen LogP contribution in [0.5, 0.6) is 0 Å². The van der Waals surface area contributed by atoms with E-state index in [4.69, 9.17) is 0 Å².